The zero-order chi connectivity index (χ0) is 45.6. The highest BCUT2D eigenvalue weighted by atomic mass is 14.4. The summed E-state index contributed by atoms with van der Waals surface area (Å²) in [5, 5.41) is 18.5. The van der Waals surface area contributed by atoms with Crippen LogP contribution in [0.2, 0.25) is 0 Å². The van der Waals surface area contributed by atoms with Crippen LogP contribution in [0.5, 0.6) is 0 Å². The third-order valence-electron chi connectivity index (χ3n) is 16.2. The van der Waals surface area contributed by atoms with Gasteiger partial charge in [-0.25, -0.2) is 0 Å². The molecule has 1 atom stereocenters. The van der Waals surface area contributed by atoms with E-state index in [-0.39, 0.29) is 5.92 Å². The van der Waals surface area contributed by atoms with Gasteiger partial charge in [0.1, 0.15) is 0 Å². The average Bonchev–Trinajstić information content (AvgIpc) is 3.76. The molecule has 0 N–H and O–H groups in total. The van der Waals surface area contributed by atoms with Gasteiger partial charge in [-0.05, 0) is 183 Å². The summed E-state index contributed by atoms with van der Waals surface area (Å²) in [4.78, 5) is 0. The van der Waals surface area contributed by atoms with Crippen molar-refractivity contribution < 1.29 is 0 Å². The van der Waals surface area contributed by atoms with E-state index in [4.69, 9.17) is 0 Å². The predicted octanol–water partition coefficient (Wildman–Crippen LogP) is 17.5. The lowest BCUT2D eigenvalue weighted by Gasteiger charge is -2.31. The Balaban J connectivity index is 1.02. The van der Waals surface area contributed by atoms with Gasteiger partial charge in [-0.3, -0.25) is 0 Å². The van der Waals surface area contributed by atoms with Crippen LogP contribution in [0.15, 0.2) is 224 Å². The molecule has 0 saturated carbocycles. The van der Waals surface area contributed by atoms with Gasteiger partial charge in [0.2, 0.25) is 0 Å². The quantitative estimate of drug-likeness (QED) is 0.151. The Bertz CT molecular complexity index is 4510. The highest BCUT2D eigenvalue weighted by Crippen LogP contribution is 2.60. The molecule has 3 aliphatic carbocycles. The van der Waals surface area contributed by atoms with Crippen molar-refractivity contribution >= 4 is 82.4 Å². The van der Waals surface area contributed by atoms with Crippen molar-refractivity contribution in [3.05, 3.63) is 246 Å². The Morgan fingerprint density at radius 3 is 1.60 bits per heavy atom. The average molecular weight is 883 g/mol. The van der Waals surface area contributed by atoms with Crippen molar-refractivity contribution in [2.45, 2.75) is 12.3 Å². The fourth-order valence-electron chi connectivity index (χ4n) is 13.3. The van der Waals surface area contributed by atoms with E-state index in [1.807, 2.05) is 0 Å². The Morgan fingerprint density at radius 2 is 0.829 bits per heavy atom. The minimum Gasteiger partial charge on any atom is -0.0757 e. The van der Waals surface area contributed by atoms with E-state index in [9.17, 15) is 0 Å². The molecule has 0 saturated heterocycles. The van der Waals surface area contributed by atoms with Gasteiger partial charge in [0, 0.05) is 5.92 Å². The monoisotopic (exact) mass is 882 g/mol. The molecular formula is C70H42. The van der Waals surface area contributed by atoms with Crippen LogP contribution in [0, 0.1) is 0 Å². The van der Waals surface area contributed by atoms with Crippen LogP contribution in [0.3, 0.4) is 0 Å². The first-order valence-electron chi connectivity index (χ1n) is 24.8. The molecule has 0 aliphatic heterocycles. The van der Waals surface area contributed by atoms with Gasteiger partial charge >= 0.3 is 0 Å². The molecule has 0 bridgehead atoms. The number of allylic oxidation sites excluding steroid dienone is 2. The summed E-state index contributed by atoms with van der Waals surface area (Å²) >= 11 is 0. The first kappa shape index (κ1) is 38.2. The van der Waals surface area contributed by atoms with Gasteiger partial charge in [0.15, 0.2) is 0 Å². The number of rotatable bonds is 5. The lowest BCUT2D eigenvalue weighted by Crippen LogP contribution is -2.25. The SMILES string of the molecule is C1=C(c2c3c(c(-c4ccc5ccc6cccc7ccc4c5c67)c4ccccc24)-c2ccc(-c4cc(-c5ccccc5)cc(-c5ccccc5)c4)c4cccc-3c24)C2CC=c3cccc4ccc(c2c34)=C1. The third-order valence-corrected chi connectivity index (χ3v) is 16.2. The molecule has 322 valence electrons. The van der Waals surface area contributed by atoms with E-state index >= 15 is 0 Å². The van der Waals surface area contributed by atoms with Crippen molar-refractivity contribution in [3.8, 4) is 66.8 Å². The summed E-state index contributed by atoms with van der Waals surface area (Å²) in [6.07, 6.45) is 8.35. The van der Waals surface area contributed by atoms with Crippen LogP contribution in [-0.2, 0) is 0 Å². The van der Waals surface area contributed by atoms with Crippen LogP contribution < -0.4 is 10.4 Å². The number of fused-ring (bicyclic) bond motifs is 4. The lowest BCUT2D eigenvalue weighted by atomic mass is 9.72. The molecule has 0 heterocycles. The molecule has 13 aromatic carbocycles. The standard InChI is InChI=1S/C70H42/c1-3-12-41(13-4-1)49-38-50(42-14-5-2-6-15-42)40-51(39-49)52-36-37-61-66-53(52)22-11-23-60(66)69-67(58-34-30-47-26-24-43-16-9-18-45-28-32-56(58)64(47)62(43)45)54-20-7-8-21-55(54)68(70(61)69)59-35-31-48-27-25-44-17-10-19-46-29-33-57(59)65(48)63(44)46/h1-31,33-40,56H,32H2. The van der Waals surface area contributed by atoms with E-state index in [0.29, 0.717) is 0 Å². The highest BCUT2D eigenvalue weighted by molar-refractivity contribution is 6.31. The summed E-state index contributed by atoms with van der Waals surface area (Å²) in [5.74, 6) is 0.224. The number of hydrogen-bond donors (Lipinski definition) is 0. The Labute approximate surface area is 405 Å². The fourth-order valence-corrected chi connectivity index (χ4v) is 13.3. The molecule has 0 spiro atoms. The van der Waals surface area contributed by atoms with Gasteiger partial charge in [-0.1, -0.05) is 218 Å². The second-order valence-corrected chi connectivity index (χ2v) is 19.7. The minimum absolute atomic E-state index is 0.224. The van der Waals surface area contributed by atoms with Crippen LogP contribution in [0.25, 0.3) is 149 Å². The van der Waals surface area contributed by atoms with E-state index in [2.05, 4.69) is 237 Å². The van der Waals surface area contributed by atoms with Crippen LogP contribution >= 0.6 is 0 Å². The van der Waals surface area contributed by atoms with E-state index in [0.717, 1.165) is 6.42 Å². The van der Waals surface area contributed by atoms with Crippen LogP contribution in [0.1, 0.15) is 23.5 Å². The van der Waals surface area contributed by atoms with E-state index < -0.39 is 0 Å². The van der Waals surface area contributed by atoms with Gasteiger partial charge in [0.05, 0.1) is 0 Å². The minimum atomic E-state index is 0.224. The molecule has 70 heavy (non-hydrogen) atoms. The molecule has 0 radical (unpaired) electrons. The maximum Gasteiger partial charge on any atom is 0.0143 e. The topological polar surface area (TPSA) is 0 Å². The second-order valence-electron chi connectivity index (χ2n) is 19.7. The molecule has 1 unspecified atom stereocenters. The first-order chi connectivity index (χ1) is 34.7. The maximum absolute atomic E-state index is 2.50. The van der Waals surface area contributed by atoms with Gasteiger partial charge < -0.3 is 0 Å². The first-order valence-corrected chi connectivity index (χ1v) is 24.8. The van der Waals surface area contributed by atoms with E-state index in [1.165, 1.54) is 159 Å². The van der Waals surface area contributed by atoms with Gasteiger partial charge in [0.25, 0.3) is 0 Å². The summed E-state index contributed by atoms with van der Waals surface area (Å²) in [6, 6.07) is 82.6. The Morgan fingerprint density at radius 1 is 0.286 bits per heavy atom. The normalized spacial score (nSPS) is 14.4. The van der Waals surface area contributed by atoms with Crippen LogP contribution in [0.4, 0.5) is 0 Å². The summed E-state index contributed by atoms with van der Waals surface area (Å²) < 4.78 is 0. The number of benzene rings is 13. The van der Waals surface area contributed by atoms with Crippen LogP contribution in [-0.4, -0.2) is 0 Å². The largest absolute Gasteiger partial charge is 0.0757 e. The molecule has 16 rings (SSSR count). The zero-order valence-corrected chi connectivity index (χ0v) is 38.3. The third kappa shape index (κ3) is 5.25. The summed E-state index contributed by atoms with van der Waals surface area (Å²) in [7, 11) is 0. The summed E-state index contributed by atoms with van der Waals surface area (Å²) in [6.45, 7) is 0. The second kappa shape index (κ2) is 14.3. The van der Waals surface area contributed by atoms with Crippen molar-refractivity contribution in [2.24, 2.45) is 0 Å². The number of hydrogen-bond acceptors (Lipinski definition) is 0. The van der Waals surface area contributed by atoms with Crippen molar-refractivity contribution in [1.29, 1.82) is 0 Å². The molecule has 0 nitrogen and oxygen atoms in total. The molecule has 0 fully saturated rings. The molecule has 0 amide bonds. The Hall–Kier alpha value is -8.84. The predicted molar refractivity (Wildman–Crippen MR) is 299 cm³/mol. The van der Waals surface area contributed by atoms with Crippen molar-refractivity contribution in [3.63, 3.8) is 0 Å². The summed E-state index contributed by atoms with van der Waals surface area (Å²) in [5.41, 5.74) is 19.5. The molecular weight excluding hydrogens is 841 g/mol. The zero-order valence-electron chi connectivity index (χ0n) is 38.3. The Kier molecular flexibility index (Phi) is 7.82. The smallest absolute Gasteiger partial charge is 0.0143 e. The van der Waals surface area contributed by atoms with E-state index in [1.54, 1.807) is 0 Å². The molecule has 0 aromatic heterocycles. The van der Waals surface area contributed by atoms with Crippen molar-refractivity contribution in [2.75, 3.05) is 0 Å². The molecule has 13 aromatic rings. The van der Waals surface area contributed by atoms with Crippen molar-refractivity contribution in [1.82, 2.24) is 0 Å². The maximum atomic E-state index is 2.50. The molecule has 3 aliphatic rings. The molecule has 0 heteroatoms. The fraction of sp³-hybridized carbons (Fsp3) is 0.0286. The lowest BCUT2D eigenvalue weighted by molar-refractivity contribution is 0.899. The van der Waals surface area contributed by atoms with Gasteiger partial charge in [-0.2, -0.15) is 0 Å². The van der Waals surface area contributed by atoms with Gasteiger partial charge in [-0.15, -0.1) is 0 Å². The highest BCUT2D eigenvalue weighted by Gasteiger charge is 2.35.